The van der Waals surface area contributed by atoms with E-state index in [-0.39, 0.29) is 11.9 Å². The Morgan fingerprint density at radius 1 is 1.32 bits per heavy atom. The molecule has 3 aromatic heterocycles. The van der Waals surface area contributed by atoms with Crippen LogP contribution in [0.2, 0.25) is 0 Å². The Balaban J connectivity index is 1.50. The van der Waals surface area contributed by atoms with E-state index in [1.807, 2.05) is 21.7 Å². The molecule has 1 aliphatic rings. The first kappa shape index (κ1) is 16.4. The van der Waals surface area contributed by atoms with Gasteiger partial charge in [0.25, 0.3) is 0 Å². The Morgan fingerprint density at radius 2 is 2.28 bits per heavy atom. The number of hydrogen-bond donors (Lipinski definition) is 0. The number of likely N-dealkylation sites (tertiary alicyclic amines) is 1. The summed E-state index contributed by atoms with van der Waals surface area (Å²) in [6.45, 7) is 0.736. The fraction of sp³-hybridized carbons (Fsp3) is 0.412. The molecule has 1 amide bonds. The van der Waals surface area contributed by atoms with E-state index in [4.69, 9.17) is 4.52 Å². The first-order valence-corrected chi connectivity index (χ1v) is 10.1. The van der Waals surface area contributed by atoms with Crippen LogP contribution in [0.3, 0.4) is 0 Å². The van der Waals surface area contributed by atoms with Crippen LogP contribution < -0.4 is 0 Å². The zero-order valence-electron chi connectivity index (χ0n) is 13.6. The van der Waals surface area contributed by atoms with E-state index in [1.165, 1.54) is 6.39 Å². The summed E-state index contributed by atoms with van der Waals surface area (Å²) in [6.07, 6.45) is 5.73. The molecule has 4 heterocycles. The van der Waals surface area contributed by atoms with Crippen LogP contribution in [0.15, 0.2) is 33.8 Å². The second-order valence-electron chi connectivity index (χ2n) is 6.04. The van der Waals surface area contributed by atoms with Crippen molar-refractivity contribution in [1.29, 1.82) is 0 Å². The Kier molecular flexibility index (Phi) is 4.89. The van der Waals surface area contributed by atoms with Crippen molar-refractivity contribution in [3.8, 4) is 9.88 Å². The SMILES string of the molecule is O=C(Cc1csc(-c2cccs2)n1)N1CCCCC[C@H]1c1ncon1. The highest BCUT2D eigenvalue weighted by Crippen LogP contribution is 2.30. The molecule has 0 radical (unpaired) electrons. The van der Waals surface area contributed by atoms with Gasteiger partial charge in [0, 0.05) is 11.9 Å². The fourth-order valence-electron chi connectivity index (χ4n) is 3.16. The highest BCUT2D eigenvalue weighted by atomic mass is 32.1. The molecule has 130 valence electrons. The Bertz CT molecular complexity index is 814. The monoisotopic (exact) mass is 374 g/mol. The summed E-state index contributed by atoms with van der Waals surface area (Å²) in [5, 5.41) is 8.96. The molecule has 6 nitrogen and oxygen atoms in total. The number of thiophene rings is 1. The second kappa shape index (κ2) is 7.45. The number of hydrogen-bond acceptors (Lipinski definition) is 7. The van der Waals surface area contributed by atoms with Crippen molar-refractivity contribution in [2.45, 2.75) is 38.1 Å². The van der Waals surface area contributed by atoms with Crippen LogP contribution in [-0.4, -0.2) is 32.5 Å². The van der Waals surface area contributed by atoms with E-state index in [1.54, 1.807) is 22.7 Å². The largest absolute Gasteiger partial charge is 0.343 e. The van der Waals surface area contributed by atoms with E-state index in [0.717, 1.165) is 47.8 Å². The van der Waals surface area contributed by atoms with Gasteiger partial charge < -0.3 is 9.42 Å². The van der Waals surface area contributed by atoms with Crippen molar-refractivity contribution in [3.05, 3.63) is 40.8 Å². The lowest BCUT2D eigenvalue weighted by atomic mass is 10.1. The van der Waals surface area contributed by atoms with E-state index in [9.17, 15) is 4.79 Å². The average Bonchev–Trinajstić information content (AvgIpc) is 3.35. The van der Waals surface area contributed by atoms with Crippen molar-refractivity contribution in [2.24, 2.45) is 0 Å². The maximum atomic E-state index is 12.9. The summed E-state index contributed by atoms with van der Waals surface area (Å²) in [6, 6.07) is 3.97. The smallest absolute Gasteiger partial charge is 0.229 e. The van der Waals surface area contributed by atoms with Crippen LogP contribution in [0.5, 0.6) is 0 Å². The van der Waals surface area contributed by atoms with Gasteiger partial charge in [0.15, 0.2) is 5.82 Å². The molecule has 0 bridgehead atoms. The summed E-state index contributed by atoms with van der Waals surface area (Å²) in [5.74, 6) is 0.688. The first-order chi connectivity index (χ1) is 12.3. The van der Waals surface area contributed by atoms with Gasteiger partial charge in [0.1, 0.15) is 5.01 Å². The molecule has 1 aliphatic heterocycles. The highest BCUT2D eigenvalue weighted by Gasteiger charge is 2.30. The molecular formula is C17H18N4O2S2. The van der Waals surface area contributed by atoms with Crippen molar-refractivity contribution < 1.29 is 9.32 Å². The third-order valence-corrected chi connectivity index (χ3v) is 6.30. The molecule has 0 saturated carbocycles. The van der Waals surface area contributed by atoms with Crippen molar-refractivity contribution in [2.75, 3.05) is 6.54 Å². The normalized spacial score (nSPS) is 18.2. The van der Waals surface area contributed by atoms with Gasteiger partial charge >= 0.3 is 0 Å². The fourth-order valence-corrected chi connectivity index (χ4v) is 4.79. The topological polar surface area (TPSA) is 72.1 Å². The van der Waals surface area contributed by atoms with Crippen molar-refractivity contribution in [1.82, 2.24) is 20.0 Å². The van der Waals surface area contributed by atoms with E-state index < -0.39 is 0 Å². The van der Waals surface area contributed by atoms with Crippen molar-refractivity contribution >= 4 is 28.6 Å². The Hall–Kier alpha value is -2.06. The Labute approximate surface area is 153 Å². The molecule has 1 saturated heterocycles. The number of thiazole rings is 1. The molecule has 1 fully saturated rings. The van der Waals surface area contributed by atoms with Crippen LogP contribution in [0.25, 0.3) is 9.88 Å². The first-order valence-electron chi connectivity index (χ1n) is 8.35. The molecule has 0 aliphatic carbocycles. The average molecular weight is 374 g/mol. The molecule has 1 atom stereocenters. The predicted octanol–water partition coefficient (Wildman–Crippen LogP) is 3.94. The van der Waals surface area contributed by atoms with Gasteiger partial charge in [-0.2, -0.15) is 4.98 Å². The van der Waals surface area contributed by atoms with Gasteiger partial charge in [0.05, 0.1) is 23.0 Å². The quantitative estimate of drug-likeness (QED) is 0.692. The molecular weight excluding hydrogens is 356 g/mol. The van der Waals surface area contributed by atoms with Crippen LogP contribution in [-0.2, 0) is 11.2 Å². The molecule has 4 rings (SSSR count). The van der Waals surface area contributed by atoms with Gasteiger partial charge in [-0.1, -0.05) is 24.1 Å². The minimum Gasteiger partial charge on any atom is -0.343 e. The summed E-state index contributed by atoms with van der Waals surface area (Å²) in [5.41, 5.74) is 0.828. The summed E-state index contributed by atoms with van der Waals surface area (Å²) < 4.78 is 4.89. The third kappa shape index (κ3) is 3.64. The zero-order chi connectivity index (χ0) is 17.1. The van der Waals surface area contributed by atoms with Gasteiger partial charge in [0.2, 0.25) is 12.3 Å². The minimum absolute atomic E-state index is 0.0831. The van der Waals surface area contributed by atoms with Gasteiger partial charge in [-0.15, -0.1) is 22.7 Å². The number of nitrogens with zero attached hydrogens (tertiary/aromatic N) is 4. The zero-order valence-corrected chi connectivity index (χ0v) is 15.3. The van der Waals surface area contributed by atoms with Crippen LogP contribution in [0.1, 0.15) is 43.2 Å². The minimum atomic E-state index is -0.0934. The van der Waals surface area contributed by atoms with Gasteiger partial charge in [-0.05, 0) is 24.3 Å². The summed E-state index contributed by atoms with van der Waals surface area (Å²) in [7, 11) is 0. The molecule has 0 unspecified atom stereocenters. The lowest BCUT2D eigenvalue weighted by molar-refractivity contribution is -0.133. The summed E-state index contributed by atoms with van der Waals surface area (Å²) >= 11 is 3.25. The molecule has 3 aromatic rings. The second-order valence-corrected chi connectivity index (χ2v) is 7.85. The van der Waals surface area contributed by atoms with Gasteiger partial charge in [-0.3, -0.25) is 4.79 Å². The van der Waals surface area contributed by atoms with Crippen LogP contribution in [0, 0.1) is 0 Å². The number of carbonyl (C=O) groups is 1. The van der Waals surface area contributed by atoms with Crippen LogP contribution >= 0.6 is 22.7 Å². The van der Waals surface area contributed by atoms with Gasteiger partial charge in [-0.25, -0.2) is 4.98 Å². The maximum absolute atomic E-state index is 12.9. The predicted molar refractivity (Wildman–Crippen MR) is 96.4 cm³/mol. The molecule has 25 heavy (non-hydrogen) atoms. The molecule has 0 N–H and O–H groups in total. The number of rotatable bonds is 4. The maximum Gasteiger partial charge on any atom is 0.229 e. The number of aromatic nitrogens is 3. The van der Waals surface area contributed by atoms with E-state index in [2.05, 4.69) is 21.2 Å². The van der Waals surface area contributed by atoms with Crippen molar-refractivity contribution in [3.63, 3.8) is 0 Å². The summed E-state index contributed by atoms with van der Waals surface area (Å²) in [4.78, 5) is 24.8. The van der Waals surface area contributed by atoms with E-state index in [0.29, 0.717) is 12.2 Å². The third-order valence-electron chi connectivity index (χ3n) is 4.37. The lowest BCUT2D eigenvalue weighted by Gasteiger charge is -2.27. The number of amides is 1. The highest BCUT2D eigenvalue weighted by molar-refractivity contribution is 7.20. The number of carbonyl (C=O) groups excluding carboxylic acids is 1. The van der Waals surface area contributed by atoms with Crippen LogP contribution in [0.4, 0.5) is 0 Å². The lowest BCUT2D eigenvalue weighted by Crippen LogP contribution is -2.36. The molecule has 8 heteroatoms. The van der Waals surface area contributed by atoms with E-state index >= 15 is 0 Å². The standard InChI is InChI=1S/C17H18N4O2S2/c22-15(9-12-10-25-17(19-12)14-6-4-8-24-14)21-7-3-1-2-5-13(21)16-18-11-23-20-16/h4,6,8,10-11,13H,1-3,5,7,9H2/t13-/m0/s1. The molecule has 0 aromatic carbocycles. The molecule has 0 spiro atoms. The Morgan fingerprint density at radius 3 is 3.08 bits per heavy atom.